The highest BCUT2D eigenvalue weighted by Gasteiger charge is 2.23. The van der Waals surface area contributed by atoms with E-state index in [4.69, 9.17) is 5.73 Å². The highest BCUT2D eigenvalue weighted by molar-refractivity contribution is 7.89. The normalized spacial score (nSPS) is 13.1. The zero-order valence-electron chi connectivity index (χ0n) is 11.5. The third-order valence-corrected chi connectivity index (χ3v) is 4.23. The summed E-state index contributed by atoms with van der Waals surface area (Å²) >= 11 is 0. The summed E-state index contributed by atoms with van der Waals surface area (Å²) in [6.45, 7) is 3.23. The number of sulfonamides is 1. The van der Waals surface area contributed by atoms with E-state index in [1.807, 2.05) is 0 Å². The fourth-order valence-electron chi connectivity index (χ4n) is 1.55. The summed E-state index contributed by atoms with van der Waals surface area (Å²) in [6, 6.07) is 3.60. The maximum absolute atomic E-state index is 12.1. The Hall–Kier alpha value is -1.60. The lowest BCUT2D eigenvalue weighted by atomic mass is 10.2. The van der Waals surface area contributed by atoms with Gasteiger partial charge in [0, 0.05) is 19.8 Å². The highest BCUT2D eigenvalue weighted by atomic mass is 32.2. The van der Waals surface area contributed by atoms with Gasteiger partial charge in [0.2, 0.25) is 15.9 Å². The number of hydrogen-bond donors (Lipinski definition) is 2. The molecule has 3 N–H and O–H groups in total. The Bertz CT molecular complexity index is 582. The lowest BCUT2D eigenvalue weighted by molar-refractivity contribution is -0.130. The van der Waals surface area contributed by atoms with Crippen LogP contribution < -0.4 is 10.5 Å². The van der Waals surface area contributed by atoms with E-state index in [1.165, 1.54) is 30.0 Å². The molecule has 0 fully saturated rings. The zero-order chi connectivity index (χ0) is 14.8. The number of aryl methyl sites for hydroxylation is 1. The molecule has 1 atom stereocenters. The first-order chi connectivity index (χ1) is 8.65. The van der Waals surface area contributed by atoms with E-state index in [0.29, 0.717) is 11.3 Å². The molecule has 0 saturated heterocycles. The van der Waals surface area contributed by atoms with E-state index in [0.717, 1.165) is 0 Å². The van der Waals surface area contributed by atoms with Crippen LogP contribution in [0.25, 0.3) is 0 Å². The van der Waals surface area contributed by atoms with Gasteiger partial charge in [0.1, 0.15) is 0 Å². The standard InChI is InChI=1S/C12H19N3O3S/c1-8-7-10(5-6-11(8)13)19(17,18)14-9(2)12(16)15(3)4/h5-7,9,14H,13H2,1-4H3. The summed E-state index contributed by atoms with van der Waals surface area (Å²) < 4.78 is 26.6. The van der Waals surface area contributed by atoms with Crippen molar-refractivity contribution in [3.8, 4) is 0 Å². The molecule has 0 aliphatic rings. The number of carbonyl (C=O) groups excluding carboxylic acids is 1. The third kappa shape index (κ3) is 3.68. The molecule has 0 aliphatic carbocycles. The summed E-state index contributed by atoms with van der Waals surface area (Å²) in [5.74, 6) is -0.309. The first-order valence-electron chi connectivity index (χ1n) is 5.75. The number of anilines is 1. The van der Waals surface area contributed by atoms with Crippen LogP contribution in [0.3, 0.4) is 0 Å². The average molecular weight is 285 g/mol. The Morgan fingerprint density at radius 2 is 1.95 bits per heavy atom. The smallest absolute Gasteiger partial charge is 0.241 e. The van der Waals surface area contributed by atoms with Crippen molar-refractivity contribution in [3.63, 3.8) is 0 Å². The van der Waals surface area contributed by atoms with Gasteiger partial charge in [-0.25, -0.2) is 8.42 Å². The van der Waals surface area contributed by atoms with Crippen LogP contribution in [-0.2, 0) is 14.8 Å². The largest absolute Gasteiger partial charge is 0.399 e. The minimum atomic E-state index is -3.73. The molecular formula is C12H19N3O3S. The molecule has 1 rings (SSSR count). The quantitative estimate of drug-likeness (QED) is 0.780. The highest BCUT2D eigenvalue weighted by Crippen LogP contribution is 2.17. The van der Waals surface area contributed by atoms with Crippen molar-refractivity contribution in [2.24, 2.45) is 0 Å². The number of carbonyl (C=O) groups is 1. The fourth-order valence-corrected chi connectivity index (χ4v) is 2.84. The summed E-state index contributed by atoms with van der Waals surface area (Å²) in [5.41, 5.74) is 6.85. The minimum absolute atomic E-state index is 0.0950. The molecule has 106 valence electrons. The second kappa shape index (κ2) is 5.58. The van der Waals surface area contributed by atoms with Crippen molar-refractivity contribution in [3.05, 3.63) is 23.8 Å². The van der Waals surface area contributed by atoms with Crippen molar-refractivity contribution < 1.29 is 13.2 Å². The predicted molar refractivity (Wildman–Crippen MR) is 74.1 cm³/mol. The fraction of sp³-hybridized carbons (Fsp3) is 0.417. The molecule has 6 nitrogen and oxygen atoms in total. The Morgan fingerprint density at radius 1 is 1.37 bits per heavy atom. The molecule has 0 radical (unpaired) electrons. The summed E-state index contributed by atoms with van der Waals surface area (Å²) in [6.07, 6.45) is 0. The van der Waals surface area contributed by atoms with E-state index in [1.54, 1.807) is 21.0 Å². The molecule has 19 heavy (non-hydrogen) atoms. The van der Waals surface area contributed by atoms with Crippen molar-refractivity contribution >= 4 is 21.6 Å². The summed E-state index contributed by atoms with van der Waals surface area (Å²) in [4.78, 5) is 13.1. The molecule has 1 amide bonds. The number of nitrogens with zero attached hydrogens (tertiary/aromatic N) is 1. The molecule has 0 aromatic heterocycles. The van der Waals surface area contributed by atoms with Gasteiger partial charge in [-0.3, -0.25) is 4.79 Å². The number of rotatable bonds is 4. The van der Waals surface area contributed by atoms with Crippen LogP contribution in [0.4, 0.5) is 5.69 Å². The Balaban J connectivity index is 2.99. The molecule has 0 spiro atoms. The van der Waals surface area contributed by atoms with Crippen molar-refractivity contribution in [2.75, 3.05) is 19.8 Å². The SMILES string of the molecule is Cc1cc(S(=O)(=O)NC(C)C(=O)N(C)C)ccc1N. The average Bonchev–Trinajstić information content (AvgIpc) is 2.30. The number of benzene rings is 1. The first-order valence-corrected chi connectivity index (χ1v) is 7.23. The van der Waals surface area contributed by atoms with E-state index in [-0.39, 0.29) is 10.8 Å². The van der Waals surface area contributed by atoms with Crippen LogP contribution in [0.15, 0.2) is 23.1 Å². The molecular weight excluding hydrogens is 266 g/mol. The Kier molecular flexibility index (Phi) is 4.54. The minimum Gasteiger partial charge on any atom is -0.399 e. The topological polar surface area (TPSA) is 92.5 Å². The predicted octanol–water partition coefficient (Wildman–Crippen LogP) is 0.332. The van der Waals surface area contributed by atoms with Gasteiger partial charge in [-0.2, -0.15) is 4.72 Å². The van der Waals surface area contributed by atoms with Crippen LogP contribution in [0.5, 0.6) is 0 Å². The Labute approximate surface area is 113 Å². The number of nitrogens with two attached hydrogens (primary N) is 1. The Morgan fingerprint density at radius 3 is 2.42 bits per heavy atom. The molecule has 0 aliphatic heterocycles. The van der Waals surface area contributed by atoms with Gasteiger partial charge in [0.05, 0.1) is 10.9 Å². The number of nitrogens with one attached hydrogen (secondary N) is 1. The van der Waals surface area contributed by atoms with Gasteiger partial charge in [0.25, 0.3) is 0 Å². The molecule has 1 unspecified atom stereocenters. The van der Waals surface area contributed by atoms with Crippen LogP contribution in [0, 0.1) is 6.92 Å². The van der Waals surface area contributed by atoms with Crippen LogP contribution in [0.2, 0.25) is 0 Å². The van der Waals surface area contributed by atoms with Gasteiger partial charge in [-0.05, 0) is 37.6 Å². The van der Waals surface area contributed by atoms with E-state index in [2.05, 4.69) is 4.72 Å². The second-order valence-electron chi connectivity index (χ2n) is 4.59. The molecule has 1 aromatic carbocycles. The van der Waals surface area contributed by atoms with Gasteiger partial charge < -0.3 is 10.6 Å². The lowest BCUT2D eigenvalue weighted by Gasteiger charge is -2.18. The van der Waals surface area contributed by atoms with Crippen LogP contribution >= 0.6 is 0 Å². The van der Waals surface area contributed by atoms with E-state index >= 15 is 0 Å². The van der Waals surface area contributed by atoms with E-state index < -0.39 is 16.1 Å². The molecule has 0 heterocycles. The van der Waals surface area contributed by atoms with Crippen LogP contribution in [0.1, 0.15) is 12.5 Å². The molecule has 0 bridgehead atoms. The van der Waals surface area contributed by atoms with Crippen LogP contribution in [-0.4, -0.2) is 39.4 Å². The van der Waals surface area contributed by atoms with Gasteiger partial charge >= 0.3 is 0 Å². The molecule has 7 heteroatoms. The van der Waals surface area contributed by atoms with Gasteiger partial charge in [-0.1, -0.05) is 0 Å². The van der Waals surface area contributed by atoms with Crippen molar-refractivity contribution in [2.45, 2.75) is 24.8 Å². The number of likely N-dealkylation sites (N-methyl/N-ethyl adjacent to an activating group) is 1. The summed E-state index contributed by atoms with van der Waals surface area (Å²) in [5, 5.41) is 0. The zero-order valence-corrected chi connectivity index (χ0v) is 12.3. The lowest BCUT2D eigenvalue weighted by Crippen LogP contribution is -2.44. The maximum atomic E-state index is 12.1. The number of amides is 1. The summed E-state index contributed by atoms with van der Waals surface area (Å²) in [7, 11) is -0.590. The number of nitrogen functional groups attached to an aromatic ring is 1. The van der Waals surface area contributed by atoms with Crippen molar-refractivity contribution in [1.29, 1.82) is 0 Å². The number of hydrogen-bond acceptors (Lipinski definition) is 4. The first kappa shape index (κ1) is 15.5. The third-order valence-electron chi connectivity index (χ3n) is 2.69. The van der Waals surface area contributed by atoms with Crippen molar-refractivity contribution in [1.82, 2.24) is 9.62 Å². The van der Waals surface area contributed by atoms with Gasteiger partial charge in [0.15, 0.2) is 0 Å². The maximum Gasteiger partial charge on any atom is 0.241 e. The second-order valence-corrected chi connectivity index (χ2v) is 6.31. The molecule has 0 saturated carbocycles. The molecule has 1 aromatic rings. The van der Waals surface area contributed by atoms with E-state index in [9.17, 15) is 13.2 Å². The monoisotopic (exact) mass is 285 g/mol. The van der Waals surface area contributed by atoms with Gasteiger partial charge in [-0.15, -0.1) is 0 Å².